The summed E-state index contributed by atoms with van der Waals surface area (Å²) in [6.45, 7) is 12.0. The van der Waals surface area contributed by atoms with Gasteiger partial charge in [-0.3, -0.25) is 4.79 Å². The van der Waals surface area contributed by atoms with E-state index in [1.807, 2.05) is 12.1 Å². The first-order chi connectivity index (χ1) is 25.3. The Labute approximate surface area is 318 Å². The molecule has 2 bridgehead atoms. The second-order valence-electron chi connectivity index (χ2n) is 17.0. The van der Waals surface area contributed by atoms with Crippen molar-refractivity contribution in [2.75, 3.05) is 33.9 Å². The van der Waals surface area contributed by atoms with Crippen LogP contribution >= 0.6 is 0 Å². The lowest BCUT2D eigenvalue weighted by Crippen LogP contribution is -2.54. The van der Waals surface area contributed by atoms with E-state index in [0.29, 0.717) is 86.3 Å². The highest BCUT2D eigenvalue weighted by Gasteiger charge is 2.58. The van der Waals surface area contributed by atoms with Gasteiger partial charge in [0.25, 0.3) is 0 Å². The van der Waals surface area contributed by atoms with Crippen LogP contribution in [0.2, 0.25) is 0 Å². The number of methoxy groups -OCH3 is 2. The zero-order valence-electron chi connectivity index (χ0n) is 33.4. The standard InChI is InChI=1S/C45H65NO7/c1-30(2)37-19-12-32(4)26-41(37)53-43(49)46(24-9-25-51-6)29-45(50)23-21-40-38-20-13-33(27-35(47)16-11-31(3)10-8-22-44(40,45)5)28-39(38)42(48)34-14-17-36(52-7)18-15-34/h10,13-15,17-18,20,28,30,32,35,37,40-41,47,50H,8-9,11-12,16,19,21-27,29H2,1-7H3. The van der Waals surface area contributed by atoms with Crippen molar-refractivity contribution >= 4 is 11.9 Å². The number of ketones is 1. The van der Waals surface area contributed by atoms with Crippen molar-refractivity contribution in [2.45, 2.75) is 129 Å². The highest BCUT2D eigenvalue weighted by Crippen LogP contribution is 2.59. The normalized spacial score (nSPS) is 29.2. The summed E-state index contributed by atoms with van der Waals surface area (Å²) in [6, 6.07) is 13.2. The fourth-order valence-corrected chi connectivity index (χ4v) is 9.50. The topological polar surface area (TPSA) is 106 Å². The number of fused-ring (bicyclic) bond motifs is 8. The first kappa shape index (κ1) is 41.0. The van der Waals surface area contributed by atoms with E-state index in [1.54, 1.807) is 43.4 Å². The number of nitrogens with zero attached hydrogens (tertiary/aromatic N) is 1. The molecule has 0 spiro atoms. The molecule has 2 aromatic rings. The van der Waals surface area contributed by atoms with Crippen LogP contribution in [0.15, 0.2) is 54.1 Å². The van der Waals surface area contributed by atoms with Gasteiger partial charge in [-0.15, -0.1) is 0 Å². The van der Waals surface area contributed by atoms with Crippen LogP contribution < -0.4 is 4.74 Å². The predicted octanol–water partition coefficient (Wildman–Crippen LogP) is 8.90. The Hall–Kier alpha value is -3.20. The van der Waals surface area contributed by atoms with Crippen molar-refractivity contribution in [3.63, 3.8) is 0 Å². The monoisotopic (exact) mass is 731 g/mol. The molecule has 0 aliphatic heterocycles. The van der Waals surface area contributed by atoms with Crippen molar-refractivity contribution in [2.24, 2.45) is 23.2 Å². The predicted molar refractivity (Wildman–Crippen MR) is 210 cm³/mol. The molecule has 6 rings (SSSR count). The van der Waals surface area contributed by atoms with Crippen molar-refractivity contribution in [3.8, 4) is 5.75 Å². The van der Waals surface area contributed by atoms with Gasteiger partial charge in [0.1, 0.15) is 11.9 Å². The molecule has 1 amide bonds. The van der Waals surface area contributed by atoms with Gasteiger partial charge < -0.3 is 29.3 Å². The van der Waals surface area contributed by atoms with Crippen LogP contribution in [0.25, 0.3) is 0 Å². The van der Waals surface area contributed by atoms with Crippen molar-refractivity contribution in [1.29, 1.82) is 0 Å². The Morgan fingerprint density at radius 3 is 2.47 bits per heavy atom. The molecule has 8 nitrogen and oxygen atoms in total. The second kappa shape index (κ2) is 18.0. The molecule has 53 heavy (non-hydrogen) atoms. The lowest BCUT2D eigenvalue weighted by Gasteiger charge is -2.46. The minimum Gasteiger partial charge on any atom is -0.497 e. The van der Waals surface area contributed by atoms with Crippen LogP contribution in [0, 0.1) is 23.2 Å². The van der Waals surface area contributed by atoms with Crippen LogP contribution in [0.5, 0.6) is 5.75 Å². The molecule has 0 aromatic heterocycles. The number of benzene rings is 2. The molecular formula is C45H65NO7. The Kier molecular flexibility index (Phi) is 13.9. The first-order valence-electron chi connectivity index (χ1n) is 20.1. The van der Waals surface area contributed by atoms with Crippen molar-refractivity contribution in [1.82, 2.24) is 4.90 Å². The Bertz CT molecular complexity index is 1570. The third kappa shape index (κ3) is 9.55. The van der Waals surface area contributed by atoms with Crippen LogP contribution in [0.4, 0.5) is 4.79 Å². The highest BCUT2D eigenvalue weighted by atomic mass is 16.6. The van der Waals surface area contributed by atoms with E-state index in [9.17, 15) is 19.8 Å². The number of carbonyl (C=O) groups excluding carboxylic acids is 2. The van der Waals surface area contributed by atoms with Crippen molar-refractivity contribution < 1.29 is 34.0 Å². The lowest BCUT2D eigenvalue weighted by molar-refractivity contribution is -0.0868. The van der Waals surface area contributed by atoms with E-state index in [2.05, 4.69) is 46.8 Å². The van der Waals surface area contributed by atoms with Gasteiger partial charge in [0.2, 0.25) is 0 Å². The Morgan fingerprint density at radius 1 is 1.02 bits per heavy atom. The SMILES string of the molecule is COCCCN(CC1(O)CCC2c3ccc(cc3C(=O)c3ccc(OC)cc3)CC(O)CCC(C)=CCCC21C)C(=O)OC1CC(C)CCC1C(C)C. The minimum absolute atomic E-state index is 0.0918. The maximum atomic E-state index is 14.4. The first-order valence-corrected chi connectivity index (χ1v) is 20.1. The zero-order valence-corrected chi connectivity index (χ0v) is 33.4. The number of carbonyl (C=O) groups is 2. The molecule has 2 aromatic carbocycles. The van der Waals surface area contributed by atoms with Gasteiger partial charge in [0.05, 0.1) is 25.4 Å². The van der Waals surface area contributed by atoms with Gasteiger partial charge in [-0.1, -0.05) is 57.9 Å². The zero-order chi connectivity index (χ0) is 38.3. The summed E-state index contributed by atoms with van der Waals surface area (Å²) < 4.78 is 17.2. The van der Waals surface area contributed by atoms with Crippen LogP contribution in [0.3, 0.4) is 0 Å². The average molecular weight is 732 g/mol. The molecule has 0 radical (unpaired) electrons. The van der Waals surface area contributed by atoms with Crippen LogP contribution in [-0.4, -0.2) is 78.7 Å². The van der Waals surface area contributed by atoms with E-state index in [-0.39, 0.29) is 30.4 Å². The molecule has 7 unspecified atom stereocenters. The highest BCUT2D eigenvalue weighted by molar-refractivity contribution is 6.10. The quantitative estimate of drug-likeness (QED) is 0.135. The van der Waals surface area contributed by atoms with Gasteiger partial charge in [0, 0.05) is 36.8 Å². The number of allylic oxidation sites excluding steroid dienone is 2. The number of amides is 1. The van der Waals surface area contributed by atoms with Gasteiger partial charge >= 0.3 is 6.09 Å². The summed E-state index contributed by atoms with van der Waals surface area (Å²) in [5.74, 6) is 1.65. The molecule has 2 saturated carbocycles. The number of rotatable bonds is 11. The van der Waals surface area contributed by atoms with E-state index in [4.69, 9.17) is 14.2 Å². The lowest BCUT2D eigenvalue weighted by atomic mass is 9.64. The summed E-state index contributed by atoms with van der Waals surface area (Å²) in [5.41, 5.74) is 2.28. The van der Waals surface area contributed by atoms with E-state index < -0.39 is 17.1 Å². The molecule has 0 heterocycles. The number of aliphatic hydroxyl groups is 2. The minimum atomic E-state index is -1.24. The van der Waals surface area contributed by atoms with Gasteiger partial charge in [0.15, 0.2) is 5.78 Å². The summed E-state index contributed by atoms with van der Waals surface area (Å²) in [7, 11) is 3.27. The summed E-state index contributed by atoms with van der Waals surface area (Å²) in [4.78, 5) is 30.4. The molecule has 4 aliphatic carbocycles. The third-order valence-electron chi connectivity index (χ3n) is 13.0. The van der Waals surface area contributed by atoms with Gasteiger partial charge in [-0.25, -0.2) is 4.79 Å². The molecule has 2 fully saturated rings. The molecule has 292 valence electrons. The van der Waals surface area contributed by atoms with E-state index >= 15 is 0 Å². The molecular weight excluding hydrogens is 666 g/mol. The second-order valence-corrected chi connectivity index (χ2v) is 17.0. The summed E-state index contributed by atoms with van der Waals surface area (Å²) in [6.07, 6.45) is 9.31. The van der Waals surface area contributed by atoms with E-state index in [1.165, 1.54) is 5.57 Å². The van der Waals surface area contributed by atoms with E-state index in [0.717, 1.165) is 43.2 Å². The average Bonchev–Trinajstić information content (AvgIpc) is 3.38. The maximum Gasteiger partial charge on any atom is 0.410 e. The number of hydrogen-bond acceptors (Lipinski definition) is 7. The fourth-order valence-electron chi connectivity index (χ4n) is 9.50. The maximum absolute atomic E-state index is 14.4. The molecule has 4 aliphatic rings. The number of aliphatic hydroxyl groups excluding tert-OH is 1. The van der Waals surface area contributed by atoms with Crippen LogP contribution in [0.1, 0.15) is 132 Å². The molecule has 0 saturated heterocycles. The van der Waals surface area contributed by atoms with Gasteiger partial charge in [-0.05, 0) is 136 Å². The third-order valence-corrected chi connectivity index (χ3v) is 13.0. The smallest absolute Gasteiger partial charge is 0.410 e. The fraction of sp³-hybridized carbons (Fsp3) is 0.644. The van der Waals surface area contributed by atoms with Crippen molar-refractivity contribution in [3.05, 3.63) is 76.4 Å². The van der Waals surface area contributed by atoms with Gasteiger partial charge in [-0.2, -0.15) is 0 Å². The molecule has 2 N–H and O–H groups in total. The Balaban J connectivity index is 1.53. The molecule has 7 atom stereocenters. The van der Waals surface area contributed by atoms with Crippen LogP contribution in [-0.2, 0) is 15.9 Å². The number of hydrogen-bond donors (Lipinski definition) is 2. The number of ether oxygens (including phenoxy) is 3. The summed E-state index contributed by atoms with van der Waals surface area (Å²) >= 11 is 0. The largest absolute Gasteiger partial charge is 0.497 e. The Morgan fingerprint density at radius 2 is 1.77 bits per heavy atom. The molecule has 8 heteroatoms. The summed E-state index contributed by atoms with van der Waals surface area (Å²) in [5, 5.41) is 24.0.